The Morgan fingerprint density at radius 2 is 1.95 bits per heavy atom. The van der Waals surface area contributed by atoms with Gasteiger partial charge in [0.1, 0.15) is 17.6 Å². The zero-order chi connectivity index (χ0) is 13.9. The first kappa shape index (κ1) is 17.5. The van der Waals surface area contributed by atoms with E-state index in [-0.39, 0.29) is 12.4 Å². The molecule has 9 heteroatoms. The second-order valence-electron chi connectivity index (χ2n) is 3.23. The van der Waals surface area contributed by atoms with Crippen molar-refractivity contribution in [2.75, 3.05) is 7.11 Å². The number of benzene rings is 1. The van der Waals surface area contributed by atoms with Crippen LogP contribution in [0.4, 0.5) is 17.6 Å². The fourth-order valence-electron chi connectivity index (χ4n) is 1.21. The first-order valence-corrected chi connectivity index (χ1v) is 4.63. The molecule has 0 spiro atoms. The predicted molar refractivity (Wildman–Crippen MR) is 59.3 cm³/mol. The van der Waals surface area contributed by atoms with Gasteiger partial charge in [-0.3, -0.25) is 4.79 Å². The average molecular weight is 304 g/mol. The molecule has 19 heavy (non-hydrogen) atoms. The van der Waals surface area contributed by atoms with Gasteiger partial charge in [-0.25, -0.2) is 4.39 Å². The van der Waals surface area contributed by atoms with Crippen molar-refractivity contribution in [3.05, 3.63) is 29.6 Å². The van der Waals surface area contributed by atoms with Crippen molar-refractivity contribution in [2.24, 2.45) is 5.73 Å². The molecule has 0 aromatic heterocycles. The summed E-state index contributed by atoms with van der Waals surface area (Å²) < 4.78 is 57.1. The molecule has 1 atom stereocenters. The number of carbonyl (C=O) groups excluding carboxylic acids is 1. The van der Waals surface area contributed by atoms with Crippen LogP contribution in [0.3, 0.4) is 0 Å². The number of rotatable bonds is 3. The van der Waals surface area contributed by atoms with E-state index >= 15 is 0 Å². The molecule has 1 aromatic carbocycles. The number of nitrogens with two attached hydrogens (primary N) is 1. The Labute approximate surface area is 111 Å². The quantitative estimate of drug-likeness (QED) is 0.687. The van der Waals surface area contributed by atoms with Gasteiger partial charge in [0.05, 0.1) is 7.11 Å². The van der Waals surface area contributed by atoms with Gasteiger partial charge in [0, 0.05) is 5.56 Å². The Hall–Kier alpha value is -1.54. The van der Waals surface area contributed by atoms with Gasteiger partial charge in [0.15, 0.2) is 0 Å². The zero-order valence-electron chi connectivity index (χ0n) is 9.53. The molecule has 0 aliphatic rings. The highest BCUT2D eigenvalue weighted by atomic mass is 35.5. The molecule has 0 aliphatic carbocycles. The summed E-state index contributed by atoms with van der Waals surface area (Å²) in [5.41, 5.74) is 4.89. The van der Waals surface area contributed by atoms with Gasteiger partial charge in [-0.15, -0.1) is 25.6 Å². The number of carbonyl (C=O) groups is 1. The highest BCUT2D eigenvalue weighted by Crippen LogP contribution is 2.27. The van der Waals surface area contributed by atoms with Crippen molar-refractivity contribution in [2.45, 2.75) is 12.4 Å². The minimum absolute atomic E-state index is 0. The third-order valence-electron chi connectivity index (χ3n) is 1.99. The van der Waals surface area contributed by atoms with Gasteiger partial charge in [-0.2, -0.15) is 0 Å². The van der Waals surface area contributed by atoms with E-state index in [1.165, 1.54) is 0 Å². The van der Waals surface area contributed by atoms with Crippen LogP contribution in [0.1, 0.15) is 11.6 Å². The van der Waals surface area contributed by atoms with E-state index in [0.717, 1.165) is 19.2 Å². The van der Waals surface area contributed by atoms with Gasteiger partial charge in [0.2, 0.25) is 0 Å². The van der Waals surface area contributed by atoms with Crippen LogP contribution >= 0.6 is 12.4 Å². The highest BCUT2D eigenvalue weighted by Gasteiger charge is 2.32. The third-order valence-corrected chi connectivity index (χ3v) is 1.99. The third kappa shape index (κ3) is 4.92. The van der Waals surface area contributed by atoms with Crippen molar-refractivity contribution in [3.63, 3.8) is 0 Å². The fraction of sp³-hybridized carbons (Fsp3) is 0.300. The summed E-state index contributed by atoms with van der Waals surface area (Å²) in [6.45, 7) is 0. The minimum Gasteiger partial charge on any atom is -0.468 e. The molecule has 1 aromatic rings. The first-order chi connectivity index (χ1) is 8.24. The molecule has 0 saturated heterocycles. The largest absolute Gasteiger partial charge is 0.573 e. The fourth-order valence-corrected chi connectivity index (χ4v) is 1.21. The van der Waals surface area contributed by atoms with E-state index in [1.807, 2.05) is 0 Å². The van der Waals surface area contributed by atoms with Crippen molar-refractivity contribution in [1.82, 2.24) is 0 Å². The van der Waals surface area contributed by atoms with E-state index in [4.69, 9.17) is 5.73 Å². The summed E-state index contributed by atoms with van der Waals surface area (Å²) in [6.07, 6.45) is -4.91. The second kappa shape index (κ2) is 6.58. The number of ether oxygens (including phenoxy) is 2. The topological polar surface area (TPSA) is 61.5 Å². The van der Waals surface area contributed by atoms with Gasteiger partial charge in [-0.05, 0) is 18.2 Å². The summed E-state index contributed by atoms with van der Waals surface area (Å²) in [7, 11) is 1.02. The summed E-state index contributed by atoms with van der Waals surface area (Å²) >= 11 is 0. The number of hydrogen-bond acceptors (Lipinski definition) is 4. The number of hydrogen-bond donors (Lipinski definition) is 1. The Morgan fingerprint density at radius 1 is 1.37 bits per heavy atom. The maximum atomic E-state index is 13.3. The van der Waals surface area contributed by atoms with Gasteiger partial charge >= 0.3 is 12.3 Å². The molecule has 0 bridgehead atoms. The van der Waals surface area contributed by atoms with E-state index < -0.39 is 35.5 Å². The summed E-state index contributed by atoms with van der Waals surface area (Å²) in [5, 5.41) is 0. The molecule has 4 nitrogen and oxygen atoms in total. The molecule has 1 rings (SSSR count). The maximum Gasteiger partial charge on any atom is 0.573 e. The van der Waals surface area contributed by atoms with Crippen LogP contribution in [-0.2, 0) is 9.53 Å². The van der Waals surface area contributed by atoms with Crippen LogP contribution in [0.15, 0.2) is 18.2 Å². The van der Waals surface area contributed by atoms with Gasteiger partial charge in [0.25, 0.3) is 0 Å². The number of methoxy groups -OCH3 is 1. The van der Waals surface area contributed by atoms with E-state index in [2.05, 4.69) is 9.47 Å². The molecule has 0 heterocycles. The van der Waals surface area contributed by atoms with Crippen molar-refractivity contribution >= 4 is 18.4 Å². The monoisotopic (exact) mass is 303 g/mol. The van der Waals surface area contributed by atoms with Crippen molar-refractivity contribution in [1.29, 1.82) is 0 Å². The molecule has 2 N–H and O–H groups in total. The van der Waals surface area contributed by atoms with Crippen LogP contribution in [0, 0.1) is 5.82 Å². The zero-order valence-corrected chi connectivity index (χ0v) is 10.3. The molecule has 0 saturated carbocycles. The lowest BCUT2D eigenvalue weighted by atomic mass is 10.1. The van der Waals surface area contributed by atoms with Gasteiger partial charge in [-0.1, -0.05) is 0 Å². The summed E-state index contributed by atoms with van der Waals surface area (Å²) in [4.78, 5) is 11.1. The number of esters is 1. The van der Waals surface area contributed by atoms with E-state index in [0.29, 0.717) is 6.07 Å². The second-order valence-corrected chi connectivity index (χ2v) is 3.23. The first-order valence-electron chi connectivity index (χ1n) is 4.63. The SMILES string of the molecule is COC(=O)[C@H](N)c1cc(OC(F)(F)F)ccc1F.Cl. The van der Waals surface area contributed by atoms with E-state index in [9.17, 15) is 22.4 Å². The Morgan fingerprint density at radius 3 is 2.42 bits per heavy atom. The average Bonchev–Trinajstić information content (AvgIpc) is 2.28. The van der Waals surface area contributed by atoms with Crippen molar-refractivity contribution < 1.29 is 31.8 Å². The molecule has 0 unspecified atom stereocenters. The summed E-state index contributed by atoms with van der Waals surface area (Å²) in [6, 6.07) is 0.673. The molecule has 0 amide bonds. The Kier molecular flexibility index (Phi) is 6.04. The summed E-state index contributed by atoms with van der Waals surface area (Å²) in [5.74, 6) is -2.57. The number of halogens is 5. The van der Waals surface area contributed by atoms with Crippen LogP contribution < -0.4 is 10.5 Å². The Balaban J connectivity index is 0.00000324. The molecule has 108 valence electrons. The normalized spacial score (nSPS) is 12.3. The Bertz CT molecular complexity index is 453. The molecule has 0 radical (unpaired) electrons. The van der Waals surface area contributed by atoms with Crippen molar-refractivity contribution in [3.8, 4) is 5.75 Å². The smallest absolute Gasteiger partial charge is 0.468 e. The number of alkyl halides is 3. The highest BCUT2D eigenvalue weighted by molar-refractivity contribution is 5.85. The minimum atomic E-state index is -4.91. The standard InChI is InChI=1S/C10H9F4NO3.ClH/c1-17-9(16)8(15)6-4-5(2-3-7(6)11)18-10(12,13)14;/h2-4,8H,15H2,1H3;1H/t8-;/m1./s1. The predicted octanol–water partition coefficient (Wildman–Crippen LogP) is 2.32. The van der Waals surface area contributed by atoms with Gasteiger partial charge < -0.3 is 15.2 Å². The van der Waals surface area contributed by atoms with E-state index in [1.54, 1.807) is 0 Å². The lowest BCUT2D eigenvalue weighted by Crippen LogP contribution is -2.24. The van der Waals surface area contributed by atoms with Crippen LogP contribution in [0.2, 0.25) is 0 Å². The lowest BCUT2D eigenvalue weighted by molar-refractivity contribution is -0.274. The molecular formula is C10H10ClF4NO3. The lowest BCUT2D eigenvalue weighted by Gasteiger charge is -2.13. The van der Waals surface area contributed by atoms with Crippen LogP contribution in [-0.4, -0.2) is 19.4 Å². The van der Waals surface area contributed by atoms with Crippen LogP contribution in [0.5, 0.6) is 5.75 Å². The maximum absolute atomic E-state index is 13.3. The molecular weight excluding hydrogens is 294 g/mol. The van der Waals surface area contributed by atoms with Crippen LogP contribution in [0.25, 0.3) is 0 Å². The molecule has 0 fully saturated rings. The molecule has 0 aliphatic heterocycles.